The molecule has 2 N–H and O–H groups in total. The summed E-state index contributed by atoms with van der Waals surface area (Å²) in [5.74, 6) is -0.856. The molecule has 3 rings (SSSR count). The zero-order valence-electron chi connectivity index (χ0n) is 12.2. The molecule has 120 valence electrons. The van der Waals surface area contributed by atoms with Crippen molar-refractivity contribution in [3.05, 3.63) is 69.9 Å². The number of phenols is 1. The number of amides is 3. The van der Waals surface area contributed by atoms with Crippen LogP contribution >= 0.6 is 0 Å². The van der Waals surface area contributed by atoms with Crippen LogP contribution in [0, 0.1) is 10.1 Å². The molecular weight excluding hydrogens is 314 g/mol. The number of phenolic OH excluding ortho intramolecular Hbond substituents is 1. The summed E-state index contributed by atoms with van der Waals surface area (Å²) < 4.78 is 0. The third-order valence-corrected chi connectivity index (χ3v) is 3.41. The molecule has 0 bridgehead atoms. The maximum Gasteiger partial charge on any atom is 0.333 e. The van der Waals surface area contributed by atoms with Crippen molar-refractivity contribution >= 4 is 29.4 Å². The number of aromatic hydroxyl groups is 1. The van der Waals surface area contributed by atoms with Gasteiger partial charge in [0.15, 0.2) is 0 Å². The van der Waals surface area contributed by atoms with E-state index < -0.39 is 16.9 Å². The molecule has 0 unspecified atom stereocenters. The lowest BCUT2D eigenvalue weighted by Crippen LogP contribution is -2.30. The highest BCUT2D eigenvalue weighted by molar-refractivity contribution is 6.28. The number of carbonyl (C=O) groups excluding carboxylic acids is 2. The van der Waals surface area contributed by atoms with Crippen LogP contribution in [0.25, 0.3) is 6.08 Å². The first kappa shape index (κ1) is 15.2. The predicted molar refractivity (Wildman–Crippen MR) is 85.2 cm³/mol. The van der Waals surface area contributed by atoms with Gasteiger partial charge in [0.2, 0.25) is 0 Å². The van der Waals surface area contributed by atoms with Crippen LogP contribution in [0.4, 0.5) is 16.2 Å². The summed E-state index contributed by atoms with van der Waals surface area (Å²) in [4.78, 5) is 35.6. The lowest BCUT2D eigenvalue weighted by Gasteiger charge is -2.10. The van der Waals surface area contributed by atoms with Gasteiger partial charge in [0.1, 0.15) is 11.4 Å². The van der Waals surface area contributed by atoms with E-state index in [0.717, 1.165) is 23.1 Å². The zero-order chi connectivity index (χ0) is 17.3. The second-order valence-corrected chi connectivity index (χ2v) is 4.96. The third kappa shape index (κ3) is 2.68. The van der Waals surface area contributed by atoms with E-state index in [1.165, 1.54) is 6.08 Å². The topological polar surface area (TPSA) is 113 Å². The fraction of sp³-hybridized carbons (Fsp3) is 0. The van der Waals surface area contributed by atoms with Gasteiger partial charge in [0, 0.05) is 17.7 Å². The Morgan fingerprint density at radius 2 is 1.83 bits per heavy atom. The van der Waals surface area contributed by atoms with Crippen LogP contribution in [0.2, 0.25) is 0 Å². The Morgan fingerprint density at radius 3 is 2.50 bits per heavy atom. The SMILES string of the molecule is O=C1N/C(=C/c2cc([N+](=O)[O-])ccc2O)C(=O)N1c1ccccc1. The van der Waals surface area contributed by atoms with Gasteiger partial charge in [-0.3, -0.25) is 14.9 Å². The molecule has 0 radical (unpaired) electrons. The molecule has 1 aliphatic heterocycles. The van der Waals surface area contributed by atoms with E-state index in [2.05, 4.69) is 5.32 Å². The highest BCUT2D eigenvalue weighted by Crippen LogP contribution is 2.27. The smallest absolute Gasteiger partial charge is 0.333 e. The maximum absolute atomic E-state index is 12.4. The summed E-state index contributed by atoms with van der Waals surface area (Å²) in [6.07, 6.45) is 1.20. The summed E-state index contributed by atoms with van der Waals surface area (Å²) in [5.41, 5.74) is 0.130. The van der Waals surface area contributed by atoms with Gasteiger partial charge in [0.05, 0.1) is 10.6 Å². The van der Waals surface area contributed by atoms with E-state index in [4.69, 9.17) is 0 Å². The largest absolute Gasteiger partial charge is 0.507 e. The van der Waals surface area contributed by atoms with Gasteiger partial charge in [0.25, 0.3) is 11.6 Å². The molecular formula is C16H11N3O5. The number of rotatable bonds is 3. The third-order valence-electron chi connectivity index (χ3n) is 3.41. The standard InChI is InChI=1S/C16H11N3O5/c20-14-7-6-12(19(23)24)8-10(14)9-13-15(21)18(16(22)17-13)11-4-2-1-3-5-11/h1-9,20H,(H,17,22)/b13-9+. The Bertz CT molecular complexity index is 877. The number of hydrogen-bond acceptors (Lipinski definition) is 5. The quantitative estimate of drug-likeness (QED) is 0.389. The van der Waals surface area contributed by atoms with Crippen LogP contribution in [0.15, 0.2) is 54.2 Å². The number of carbonyl (C=O) groups is 2. The number of non-ortho nitro benzene ring substituents is 1. The molecule has 1 saturated heterocycles. The van der Waals surface area contributed by atoms with Crippen LogP contribution in [-0.2, 0) is 4.79 Å². The number of nitro benzene ring substituents is 1. The molecule has 24 heavy (non-hydrogen) atoms. The second-order valence-electron chi connectivity index (χ2n) is 4.96. The van der Waals surface area contributed by atoms with Crippen molar-refractivity contribution in [2.24, 2.45) is 0 Å². The maximum atomic E-state index is 12.4. The van der Waals surface area contributed by atoms with Gasteiger partial charge >= 0.3 is 6.03 Å². The normalized spacial score (nSPS) is 15.7. The number of anilines is 1. The highest BCUT2D eigenvalue weighted by atomic mass is 16.6. The fourth-order valence-corrected chi connectivity index (χ4v) is 2.27. The number of nitrogens with one attached hydrogen (secondary N) is 1. The Balaban J connectivity index is 1.98. The predicted octanol–water partition coefficient (Wildman–Crippen LogP) is 2.40. The summed E-state index contributed by atoms with van der Waals surface area (Å²) >= 11 is 0. The van der Waals surface area contributed by atoms with E-state index in [-0.39, 0.29) is 22.7 Å². The van der Waals surface area contributed by atoms with Gasteiger partial charge in [-0.25, -0.2) is 9.69 Å². The number of hydrogen-bond donors (Lipinski definition) is 2. The van der Waals surface area contributed by atoms with Gasteiger partial charge in [-0.15, -0.1) is 0 Å². The Morgan fingerprint density at radius 1 is 1.12 bits per heavy atom. The number of benzene rings is 2. The van der Waals surface area contributed by atoms with Crippen LogP contribution < -0.4 is 10.2 Å². The average Bonchev–Trinajstić information content (AvgIpc) is 2.84. The molecule has 0 atom stereocenters. The molecule has 0 aliphatic carbocycles. The number of para-hydroxylation sites is 1. The van der Waals surface area contributed by atoms with Crippen molar-refractivity contribution < 1.29 is 19.6 Å². The molecule has 2 aromatic rings. The average molecular weight is 325 g/mol. The minimum absolute atomic E-state index is 0.0581. The molecule has 1 fully saturated rings. The van der Waals surface area contributed by atoms with Crippen molar-refractivity contribution in [1.82, 2.24) is 5.32 Å². The van der Waals surface area contributed by atoms with Crippen LogP contribution in [0.1, 0.15) is 5.56 Å². The molecule has 1 aliphatic rings. The van der Waals surface area contributed by atoms with E-state index in [1.54, 1.807) is 30.3 Å². The van der Waals surface area contributed by atoms with Crippen molar-refractivity contribution in [3.63, 3.8) is 0 Å². The molecule has 3 amide bonds. The molecule has 8 heteroatoms. The van der Waals surface area contributed by atoms with E-state index in [0.29, 0.717) is 5.69 Å². The summed E-state index contributed by atoms with van der Waals surface area (Å²) in [6.45, 7) is 0. The lowest BCUT2D eigenvalue weighted by molar-refractivity contribution is -0.384. The number of nitrogens with zero attached hydrogens (tertiary/aromatic N) is 2. The summed E-state index contributed by atoms with van der Waals surface area (Å²) in [6, 6.07) is 11.1. The number of urea groups is 1. The van der Waals surface area contributed by atoms with Gasteiger partial charge in [-0.1, -0.05) is 18.2 Å². The van der Waals surface area contributed by atoms with Crippen molar-refractivity contribution in [3.8, 4) is 5.75 Å². The second kappa shape index (κ2) is 5.84. The number of nitro groups is 1. The monoisotopic (exact) mass is 325 g/mol. The van der Waals surface area contributed by atoms with Gasteiger partial charge in [-0.05, 0) is 24.3 Å². The molecule has 1 heterocycles. The summed E-state index contributed by atoms with van der Waals surface area (Å²) in [5, 5.41) is 23.0. The minimum atomic E-state index is -0.637. The van der Waals surface area contributed by atoms with Crippen molar-refractivity contribution in [2.45, 2.75) is 0 Å². The van der Waals surface area contributed by atoms with Crippen LogP contribution in [-0.4, -0.2) is 22.0 Å². The lowest BCUT2D eigenvalue weighted by atomic mass is 10.1. The fourth-order valence-electron chi connectivity index (χ4n) is 2.27. The first-order chi connectivity index (χ1) is 11.5. The van der Waals surface area contributed by atoms with E-state index in [1.807, 2.05) is 0 Å². The highest BCUT2D eigenvalue weighted by Gasteiger charge is 2.34. The number of imide groups is 1. The molecule has 8 nitrogen and oxygen atoms in total. The van der Waals surface area contributed by atoms with E-state index >= 15 is 0 Å². The van der Waals surface area contributed by atoms with Gasteiger partial charge in [-0.2, -0.15) is 0 Å². The Hall–Kier alpha value is -3.68. The van der Waals surface area contributed by atoms with Crippen molar-refractivity contribution in [2.75, 3.05) is 4.90 Å². The molecule has 0 aromatic heterocycles. The molecule has 2 aromatic carbocycles. The zero-order valence-corrected chi connectivity index (χ0v) is 12.2. The molecule has 0 saturated carbocycles. The van der Waals surface area contributed by atoms with E-state index in [9.17, 15) is 24.8 Å². The minimum Gasteiger partial charge on any atom is -0.507 e. The van der Waals surface area contributed by atoms with Crippen molar-refractivity contribution in [1.29, 1.82) is 0 Å². The van der Waals surface area contributed by atoms with Crippen LogP contribution in [0.3, 0.4) is 0 Å². The Kier molecular flexibility index (Phi) is 3.70. The van der Waals surface area contributed by atoms with Crippen LogP contribution in [0.5, 0.6) is 5.75 Å². The van der Waals surface area contributed by atoms with Gasteiger partial charge < -0.3 is 10.4 Å². The first-order valence-electron chi connectivity index (χ1n) is 6.87. The Labute approximate surface area is 135 Å². The first-order valence-corrected chi connectivity index (χ1v) is 6.87. The summed E-state index contributed by atoms with van der Waals surface area (Å²) in [7, 11) is 0. The molecule has 0 spiro atoms.